The minimum absolute atomic E-state index is 0. The van der Waals surface area contributed by atoms with E-state index in [0.29, 0.717) is 18.7 Å². The highest BCUT2D eigenvalue weighted by Gasteiger charge is 2.04. The normalized spacial score (nSPS) is 11.0. The lowest BCUT2D eigenvalue weighted by Crippen LogP contribution is -2.38. The minimum Gasteiger partial charge on any atom is -0.508 e. The number of aromatic nitrogens is 2. The van der Waals surface area contributed by atoms with E-state index in [2.05, 4.69) is 45.0 Å². The molecule has 3 aromatic rings. The molecule has 1 aromatic heterocycles. The molecule has 31 heavy (non-hydrogen) atoms. The number of phenols is 1. The SMILES string of the molecule is CCNC(=NCCc1ccc(OC)cc1O)NCCc1ccc(-n2cccn2)cc1.I. The zero-order valence-corrected chi connectivity index (χ0v) is 20.2. The maximum absolute atomic E-state index is 10.1. The van der Waals surface area contributed by atoms with Crippen LogP contribution in [0, 0.1) is 0 Å². The molecular formula is C23H30IN5O2. The van der Waals surface area contributed by atoms with Gasteiger partial charge >= 0.3 is 0 Å². The summed E-state index contributed by atoms with van der Waals surface area (Å²) in [7, 11) is 1.58. The number of methoxy groups -OCH3 is 1. The molecule has 7 nitrogen and oxygen atoms in total. The average molecular weight is 535 g/mol. The summed E-state index contributed by atoms with van der Waals surface area (Å²) in [6.45, 7) is 4.19. The van der Waals surface area contributed by atoms with Crippen LogP contribution in [0.15, 0.2) is 65.9 Å². The third-order valence-corrected chi connectivity index (χ3v) is 4.70. The fourth-order valence-corrected chi connectivity index (χ4v) is 3.07. The lowest BCUT2D eigenvalue weighted by molar-refractivity contribution is 0.406. The zero-order valence-electron chi connectivity index (χ0n) is 17.9. The molecule has 0 aliphatic rings. The van der Waals surface area contributed by atoms with E-state index >= 15 is 0 Å². The van der Waals surface area contributed by atoms with Crippen molar-refractivity contribution in [2.24, 2.45) is 4.99 Å². The third-order valence-electron chi connectivity index (χ3n) is 4.70. The quantitative estimate of drug-likeness (QED) is 0.222. The Labute approximate surface area is 200 Å². The van der Waals surface area contributed by atoms with Crippen molar-refractivity contribution in [3.63, 3.8) is 0 Å². The molecule has 0 saturated carbocycles. The second kappa shape index (κ2) is 12.8. The van der Waals surface area contributed by atoms with Crippen LogP contribution in [-0.2, 0) is 12.8 Å². The van der Waals surface area contributed by atoms with Crippen molar-refractivity contribution in [1.82, 2.24) is 20.4 Å². The minimum atomic E-state index is 0. The molecule has 0 radical (unpaired) electrons. The van der Waals surface area contributed by atoms with Crippen LogP contribution < -0.4 is 15.4 Å². The number of aromatic hydroxyl groups is 1. The number of hydrogen-bond donors (Lipinski definition) is 3. The number of rotatable bonds is 9. The van der Waals surface area contributed by atoms with E-state index < -0.39 is 0 Å². The zero-order chi connectivity index (χ0) is 21.2. The molecule has 0 saturated heterocycles. The Morgan fingerprint density at radius 1 is 1.13 bits per heavy atom. The molecule has 3 N–H and O–H groups in total. The van der Waals surface area contributed by atoms with Crippen LogP contribution in [0.1, 0.15) is 18.1 Å². The lowest BCUT2D eigenvalue weighted by Gasteiger charge is -2.12. The van der Waals surface area contributed by atoms with Crippen molar-refractivity contribution in [1.29, 1.82) is 0 Å². The fraction of sp³-hybridized carbons (Fsp3) is 0.304. The Kier molecular flexibility index (Phi) is 10.2. The topological polar surface area (TPSA) is 83.7 Å². The number of aliphatic imine (C=N–C) groups is 1. The molecule has 0 atom stereocenters. The maximum atomic E-state index is 10.1. The Morgan fingerprint density at radius 3 is 2.58 bits per heavy atom. The van der Waals surface area contributed by atoms with Crippen LogP contribution in [0.3, 0.4) is 0 Å². The maximum Gasteiger partial charge on any atom is 0.191 e. The Bertz CT molecular complexity index is 943. The molecule has 3 rings (SSSR count). The molecule has 0 aliphatic carbocycles. The Hall–Kier alpha value is -2.75. The van der Waals surface area contributed by atoms with Gasteiger partial charge in [-0.05, 0) is 55.2 Å². The highest BCUT2D eigenvalue weighted by atomic mass is 127. The van der Waals surface area contributed by atoms with Crippen molar-refractivity contribution in [3.05, 3.63) is 72.1 Å². The Morgan fingerprint density at radius 2 is 1.94 bits per heavy atom. The molecule has 166 valence electrons. The van der Waals surface area contributed by atoms with Crippen LogP contribution in [0.2, 0.25) is 0 Å². The predicted octanol–water partition coefficient (Wildman–Crippen LogP) is 3.54. The van der Waals surface area contributed by atoms with Crippen LogP contribution in [0.5, 0.6) is 11.5 Å². The number of nitrogens with zero attached hydrogens (tertiary/aromatic N) is 3. The van der Waals surface area contributed by atoms with E-state index in [4.69, 9.17) is 4.74 Å². The molecule has 1 heterocycles. The van der Waals surface area contributed by atoms with Gasteiger partial charge in [0.25, 0.3) is 0 Å². The molecular weight excluding hydrogens is 505 g/mol. The van der Waals surface area contributed by atoms with E-state index in [-0.39, 0.29) is 29.7 Å². The molecule has 8 heteroatoms. The highest BCUT2D eigenvalue weighted by molar-refractivity contribution is 14.0. The summed E-state index contributed by atoms with van der Waals surface area (Å²) in [6, 6.07) is 15.6. The van der Waals surface area contributed by atoms with Gasteiger partial charge in [0.15, 0.2) is 5.96 Å². The van der Waals surface area contributed by atoms with Crippen molar-refractivity contribution in [3.8, 4) is 17.2 Å². The summed E-state index contributed by atoms with van der Waals surface area (Å²) in [5.41, 5.74) is 3.15. The van der Waals surface area contributed by atoms with E-state index in [1.807, 2.05) is 36.0 Å². The molecule has 0 spiro atoms. The largest absolute Gasteiger partial charge is 0.508 e. The van der Waals surface area contributed by atoms with Gasteiger partial charge in [-0.3, -0.25) is 4.99 Å². The molecule has 0 bridgehead atoms. The van der Waals surface area contributed by atoms with E-state index in [1.165, 1.54) is 5.56 Å². The second-order valence-electron chi connectivity index (χ2n) is 6.80. The lowest BCUT2D eigenvalue weighted by atomic mass is 10.1. The average Bonchev–Trinajstić information content (AvgIpc) is 3.30. The van der Waals surface area contributed by atoms with E-state index in [1.54, 1.807) is 19.4 Å². The Balaban J connectivity index is 0.00000341. The molecule has 0 unspecified atom stereocenters. The van der Waals surface area contributed by atoms with Crippen molar-refractivity contribution >= 4 is 29.9 Å². The van der Waals surface area contributed by atoms with Gasteiger partial charge in [-0.2, -0.15) is 5.10 Å². The summed E-state index contributed by atoms with van der Waals surface area (Å²) >= 11 is 0. The standard InChI is InChI=1S/C23H29N5O2.HI/c1-3-24-23(26-15-12-19-7-10-21(30-2)17-22(19)29)25-14-11-18-5-8-20(9-6-18)28-16-4-13-27-28;/h4-10,13,16-17,29H,3,11-12,14-15H2,1-2H3,(H2,24,25,26);1H. The summed E-state index contributed by atoms with van der Waals surface area (Å²) in [5, 5.41) is 20.9. The first-order chi connectivity index (χ1) is 14.7. The smallest absolute Gasteiger partial charge is 0.191 e. The summed E-state index contributed by atoms with van der Waals surface area (Å²) < 4.78 is 6.96. The predicted molar refractivity (Wildman–Crippen MR) is 135 cm³/mol. The number of benzene rings is 2. The van der Waals surface area contributed by atoms with Gasteiger partial charge in [-0.1, -0.05) is 18.2 Å². The van der Waals surface area contributed by atoms with Gasteiger partial charge in [-0.15, -0.1) is 24.0 Å². The van der Waals surface area contributed by atoms with E-state index in [0.717, 1.165) is 36.7 Å². The van der Waals surface area contributed by atoms with Gasteiger partial charge in [0.05, 0.1) is 12.8 Å². The first kappa shape index (κ1) is 24.5. The van der Waals surface area contributed by atoms with Gasteiger partial charge in [0.2, 0.25) is 0 Å². The van der Waals surface area contributed by atoms with Crippen LogP contribution in [0.4, 0.5) is 0 Å². The van der Waals surface area contributed by atoms with Crippen molar-refractivity contribution in [2.75, 3.05) is 26.7 Å². The van der Waals surface area contributed by atoms with Crippen LogP contribution >= 0.6 is 24.0 Å². The number of nitrogens with one attached hydrogen (secondary N) is 2. The fourth-order valence-electron chi connectivity index (χ4n) is 3.07. The molecule has 0 aliphatic heterocycles. The number of guanidine groups is 1. The second-order valence-corrected chi connectivity index (χ2v) is 6.80. The number of ether oxygens (including phenoxy) is 1. The van der Waals surface area contributed by atoms with Gasteiger partial charge in [0, 0.05) is 38.1 Å². The summed E-state index contributed by atoms with van der Waals surface area (Å²) in [5.74, 6) is 1.66. The highest BCUT2D eigenvalue weighted by Crippen LogP contribution is 2.23. The van der Waals surface area contributed by atoms with Crippen LogP contribution in [0.25, 0.3) is 5.69 Å². The van der Waals surface area contributed by atoms with Crippen LogP contribution in [-0.4, -0.2) is 47.6 Å². The van der Waals surface area contributed by atoms with E-state index in [9.17, 15) is 5.11 Å². The molecule has 0 amide bonds. The first-order valence-corrected chi connectivity index (χ1v) is 10.2. The van der Waals surface area contributed by atoms with Gasteiger partial charge < -0.3 is 20.5 Å². The van der Waals surface area contributed by atoms with Crippen molar-refractivity contribution in [2.45, 2.75) is 19.8 Å². The number of phenolic OH excluding ortho intramolecular Hbond substituents is 1. The van der Waals surface area contributed by atoms with Gasteiger partial charge in [-0.25, -0.2) is 4.68 Å². The number of halogens is 1. The summed E-state index contributed by atoms with van der Waals surface area (Å²) in [4.78, 5) is 4.61. The van der Waals surface area contributed by atoms with Gasteiger partial charge in [0.1, 0.15) is 11.5 Å². The molecule has 2 aromatic carbocycles. The monoisotopic (exact) mass is 535 g/mol. The van der Waals surface area contributed by atoms with Crippen molar-refractivity contribution < 1.29 is 9.84 Å². The first-order valence-electron chi connectivity index (χ1n) is 10.2. The summed E-state index contributed by atoms with van der Waals surface area (Å²) in [6.07, 6.45) is 5.25. The third kappa shape index (κ3) is 7.46. The number of hydrogen-bond acceptors (Lipinski definition) is 4. The molecule has 0 fully saturated rings.